The van der Waals surface area contributed by atoms with Gasteiger partial charge in [-0.1, -0.05) is 12.1 Å². The Balaban J connectivity index is 1.69. The van der Waals surface area contributed by atoms with E-state index in [1.54, 1.807) is 49.3 Å². The normalized spacial score (nSPS) is 17.4. The second kappa shape index (κ2) is 6.88. The lowest BCUT2D eigenvalue weighted by molar-refractivity contribution is -0.132. The van der Waals surface area contributed by atoms with Crippen LogP contribution in [0, 0.1) is 0 Å². The van der Waals surface area contributed by atoms with Crippen LogP contribution in [0.4, 0.5) is 0 Å². The number of nitrogens with zero attached hydrogens (tertiary/aromatic N) is 3. The Bertz CT molecular complexity index is 857. The van der Waals surface area contributed by atoms with Crippen LogP contribution in [0.15, 0.2) is 41.2 Å². The van der Waals surface area contributed by atoms with Crippen molar-refractivity contribution in [1.29, 1.82) is 0 Å². The number of aromatic nitrogens is 2. The number of aryl methyl sites for hydroxylation is 1. The van der Waals surface area contributed by atoms with Crippen LogP contribution in [-0.2, 0) is 11.8 Å². The first-order valence-corrected chi connectivity index (χ1v) is 8.13. The Morgan fingerprint density at radius 2 is 1.84 bits per heavy atom. The lowest BCUT2D eigenvalue weighted by Crippen LogP contribution is -2.48. The summed E-state index contributed by atoms with van der Waals surface area (Å²) in [6, 6.07) is 10.2. The molecule has 1 aromatic carbocycles. The monoisotopic (exact) mass is 340 g/mol. The fourth-order valence-corrected chi connectivity index (χ4v) is 2.85. The summed E-state index contributed by atoms with van der Waals surface area (Å²) in [4.78, 5) is 36.9. The predicted octanol–water partition coefficient (Wildman–Crippen LogP) is 0.798. The van der Waals surface area contributed by atoms with E-state index in [2.05, 4.69) is 10.4 Å². The Hall–Kier alpha value is -2.96. The minimum Gasteiger partial charge on any atom is -0.348 e. The largest absolute Gasteiger partial charge is 0.348 e. The van der Waals surface area contributed by atoms with E-state index in [9.17, 15) is 14.4 Å². The van der Waals surface area contributed by atoms with E-state index in [0.717, 1.165) is 5.56 Å². The molecule has 7 heteroatoms. The topological polar surface area (TPSA) is 84.3 Å². The SMILES string of the molecule is CN1C[C@H](NC(=O)c2ccc(-c3ccc(=O)n(C)n3)cc2)CCC1=O. The number of carbonyl (C=O) groups excluding carboxylic acids is 2. The molecule has 1 aliphatic rings. The van der Waals surface area contributed by atoms with E-state index in [1.807, 2.05) is 0 Å². The highest BCUT2D eigenvalue weighted by Crippen LogP contribution is 2.17. The molecule has 2 amide bonds. The highest BCUT2D eigenvalue weighted by molar-refractivity contribution is 5.95. The van der Waals surface area contributed by atoms with E-state index in [-0.39, 0.29) is 23.4 Å². The molecular formula is C18H20N4O3. The molecule has 0 spiro atoms. The number of amides is 2. The summed E-state index contributed by atoms with van der Waals surface area (Å²) in [6.45, 7) is 0.532. The van der Waals surface area contributed by atoms with Gasteiger partial charge in [-0.25, -0.2) is 4.68 Å². The minimum atomic E-state index is -0.171. The summed E-state index contributed by atoms with van der Waals surface area (Å²) in [5, 5.41) is 7.16. The minimum absolute atomic E-state index is 0.0276. The van der Waals surface area contributed by atoms with Crippen molar-refractivity contribution in [3.05, 3.63) is 52.3 Å². The maximum Gasteiger partial charge on any atom is 0.266 e. The molecule has 0 saturated carbocycles. The molecular weight excluding hydrogens is 320 g/mol. The molecule has 1 saturated heterocycles. The molecule has 0 bridgehead atoms. The van der Waals surface area contributed by atoms with Gasteiger partial charge in [0.1, 0.15) is 0 Å². The first-order valence-electron chi connectivity index (χ1n) is 8.13. The Morgan fingerprint density at radius 3 is 2.48 bits per heavy atom. The highest BCUT2D eigenvalue weighted by atomic mass is 16.2. The van der Waals surface area contributed by atoms with Crippen molar-refractivity contribution >= 4 is 11.8 Å². The third-order valence-electron chi connectivity index (χ3n) is 4.37. The van der Waals surface area contributed by atoms with Crippen LogP contribution in [0.2, 0.25) is 0 Å². The van der Waals surface area contributed by atoms with Crippen LogP contribution in [0.1, 0.15) is 23.2 Å². The van der Waals surface area contributed by atoms with Crippen molar-refractivity contribution < 1.29 is 9.59 Å². The molecule has 0 unspecified atom stereocenters. The lowest BCUT2D eigenvalue weighted by atomic mass is 10.0. The van der Waals surface area contributed by atoms with Gasteiger partial charge in [-0.05, 0) is 24.6 Å². The van der Waals surface area contributed by atoms with Crippen molar-refractivity contribution in [2.75, 3.05) is 13.6 Å². The molecule has 1 N–H and O–H groups in total. The van der Waals surface area contributed by atoms with Crippen LogP contribution >= 0.6 is 0 Å². The zero-order chi connectivity index (χ0) is 18.0. The molecule has 1 atom stereocenters. The van der Waals surface area contributed by atoms with Gasteiger partial charge in [0.2, 0.25) is 5.91 Å². The maximum absolute atomic E-state index is 12.4. The molecule has 1 aliphatic heterocycles. The maximum atomic E-state index is 12.4. The summed E-state index contributed by atoms with van der Waals surface area (Å²) < 4.78 is 1.27. The third-order valence-corrected chi connectivity index (χ3v) is 4.37. The number of piperidine rings is 1. The Kier molecular flexibility index (Phi) is 4.65. The van der Waals surface area contributed by atoms with Gasteiger partial charge in [0, 0.05) is 50.3 Å². The van der Waals surface area contributed by atoms with E-state index < -0.39 is 0 Å². The smallest absolute Gasteiger partial charge is 0.266 e. The molecule has 130 valence electrons. The number of likely N-dealkylation sites (tertiary alicyclic amines) is 1. The van der Waals surface area contributed by atoms with Crippen molar-refractivity contribution in [2.45, 2.75) is 18.9 Å². The number of rotatable bonds is 3. The van der Waals surface area contributed by atoms with Gasteiger partial charge in [0.25, 0.3) is 11.5 Å². The molecule has 3 rings (SSSR count). The van der Waals surface area contributed by atoms with E-state index in [4.69, 9.17) is 0 Å². The predicted molar refractivity (Wildman–Crippen MR) is 93.0 cm³/mol. The van der Waals surface area contributed by atoms with Crippen LogP contribution in [0.3, 0.4) is 0 Å². The lowest BCUT2D eigenvalue weighted by Gasteiger charge is -2.30. The van der Waals surface area contributed by atoms with Crippen LogP contribution in [-0.4, -0.2) is 46.1 Å². The number of hydrogen-bond donors (Lipinski definition) is 1. The van der Waals surface area contributed by atoms with Crippen LogP contribution in [0.25, 0.3) is 11.3 Å². The highest BCUT2D eigenvalue weighted by Gasteiger charge is 2.24. The Labute approximate surface area is 145 Å². The van der Waals surface area contributed by atoms with Gasteiger partial charge in [-0.3, -0.25) is 14.4 Å². The zero-order valence-corrected chi connectivity index (χ0v) is 14.2. The number of carbonyl (C=O) groups is 2. The number of likely N-dealkylation sites (N-methyl/N-ethyl adjacent to an activating group) is 1. The van der Waals surface area contributed by atoms with Crippen LogP contribution in [0.5, 0.6) is 0 Å². The molecule has 7 nitrogen and oxygen atoms in total. The average Bonchev–Trinajstić information content (AvgIpc) is 2.61. The van der Waals surface area contributed by atoms with Gasteiger partial charge in [-0.2, -0.15) is 5.10 Å². The summed E-state index contributed by atoms with van der Waals surface area (Å²) in [6.07, 6.45) is 1.12. The standard InChI is InChI=1S/C18H20N4O3/c1-21-11-14(7-9-16(21)23)19-18(25)13-5-3-12(4-6-13)15-8-10-17(24)22(2)20-15/h3-6,8,10,14H,7,9,11H2,1-2H3,(H,19,25)/t14-/m1/s1. The van der Waals surface area contributed by atoms with Crippen LogP contribution < -0.4 is 10.9 Å². The molecule has 2 heterocycles. The molecule has 0 radical (unpaired) electrons. The van der Waals surface area contributed by atoms with Crippen molar-refractivity contribution in [3.8, 4) is 11.3 Å². The summed E-state index contributed by atoms with van der Waals surface area (Å²) in [5.74, 6) is -0.0488. The van der Waals surface area contributed by atoms with Crippen molar-refractivity contribution in [3.63, 3.8) is 0 Å². The van der Waals surface area contributed by atoms with Crippen molar-refractivity contribution in [1.82, 2.24) is 20.0 Å². The van der Waals surface area contributed by atoms with Gasteiger partial charge < -0.3 is 10.2 Å². The average molecular weight is 340 g/mol. The summed E-state index contributed by atoms with van der Waals surface area (Å²) in [7, 11) is 3.34. The first-order chi connectivity index (χ1) is 11.9. The number of hydrogen-bond acceptors (Lipinski definition) is 4. The fraction of sp³-hybridized carbons (Fsp3) is 0.333. The molecule has 2 aromatic rings. The molecule has 1 aromatic heterocycles. The summed E-state index contributed by atoms with van der Waals surface area (Å²) in [5.41, 5.74) is 1.88. The molecule has 0 aliphatic carbocycles. The zero-order valence-electron chi connectivity index (χ0n) is 14.2. The van der Waals surface area contributed by atoms with E-state index in [1.165, 1.54) is 10.7 Å². The molecule has 1 fully saturated rings. The first kappa shape index (κ1) is 16.9. The molecule has 25 heavy (non-hydrogen) atoms. The summed E-state index contributed by atoms with van der Waals surface area (Å²) >= 11 is 0. The van der Waals surface area contributed by atoms with Crippen molar-refractivity contribution in [2.24, 2.45) is 7.05 Å². The quantitative estimate of drug-likeness (QED) is 0.896. The van der Waals surface area contributed by atoms with Gasteiger partial charge in [-0.15, -0.1) is 0 Å². The third kappa shape index (κ3) is 3.76. The van der Waals surface area contributed by atoms with Gasteiger partial charge >= 0.3 is 0 Å². The van der Waals surface area contributed by atoms with Gasteiger partial charge in [0.15, 0.2) is 0 Å². The van der Waals surface area contributed by atoms with Gasteiger partial charge in [0.05, 0.1) is 5.69 Å². The van der Waals surface area contributed by atoms with E-state index >= 15 is 0 Å². The fourth-order valence-electron chi connectivity index (χ4n) is 2.85. The number of benzene rings is 1. The Morgan fingerprint density at radius 1 is 1.12 bits per heavy atom. The second-order valence-corrected chi connectivity index (χ2v) is 6.24. The second-order valence-electron chi connectivity index (χ2n) is 6.24. The number of nitrogens with one attached hydrogen (secondary N) is 1. The van der Waals surface area contributed by atoms with E-state index in [0.29, 0.717) is 30.6 Å².